The SMILES string of the molecule is CCc1cc(N2CC3CC2CN3C)ncc1C(C)C. The Hall–Kier alpha value is -1.09. The predicted molar refractivity (Wildman–Crippen MR) is 79.9 cm³/mol. The fourth-order valence-corrected chi connectivity index (χ4v) is 3.62. The summed E-state index contributed by atoms with van der Waals surface area (Å²) in [5.41, 5.74) is 2.88. The molecule has 2 aliphatic heterocycles. The monoisotopic (exact) mass is 259 g/mol. The summed E-state index contributed by atoms with van der Waals surface area (Å²) in [5.74, 6) is 1.76. The minimum atomic E-state index is 0.567. The van der Waals surface area contributed by atoms with E-state index in [4.69, 9.17) is 4.98 Å². The molecular formula is C16H25N3. The second-order valence-corrected chi connectivity index (χ2v) is 6.38. The maximum atomic E-state index is 4.74. The van der Waals surface area contributed by atoms with Crippen LogP contribution >= 0.6 is 0 Å². The van der Waals surface area contributed by atoms with Crippen LogP contribution in [-0.2, 0) is 6.42 Å². The van der Waals surface area contributed by atoms with Gasteiger partial charge in [0.05, 0.1) is 0 Å². The summed E-state index contributed by atoms with van der Waals surface area (Å²) in [6, 6.07) is 3.74. The molecule has 2 fully saturated rings. The molecule has 2 unspecified atom stereocenters. The van der Waals surface area contributed by atoms with Crippen molar-refractivity contribution >= 4 is 5.82 Å². The van der Waals surface area contributed by atoms with Crippen LogP contribution in [0.4, 0.5) is 5.82 Å². The van der Waals surface area contributed by atoms with E-state index in [1.807, 2.05) is 0 Å². The molecule has 0 saturated carbocycles. The Morgan fingerprint density at radius 2 is 2.11 bits per heavy atom. The molecule has 2 aliphatic rings. The third kappa shape index (κ3) is 2.14. The minimum absolute atomic E-state index is 0.567. The number of hydrogen-bond donors (Lipinski definition) is 0. The van der Waals surface area contributed by atoms with Crippen molar-refractivity contribution in [3.05, 3.63) is 23.4 Å². The lowest BCUT2D eigenvalue weighted by Gasteiger charge is -2.33. The molecular weight excluding hydrogens is 234 g/mol. The van der Waals surface area contributed by atoms with Gasteiger partial charge in [-0.05, 0) is 43.0 Å². The highest BCUT2D eigenvalue weighted by Crippen LogP contribution is 2.33. The number of piperazine rings is 1. The van der Waals surface area contributed by atoms with Gasteiger partial charge in [0, 0.05) is 31.4 Å². The van der Waals surface area contributed by atoms with E-state index < -0.39 is 0 Å². The lowest BCUT2D eigenvalue weighted by Crippen LogP contribution is -2.44. The molecule has 3 rings (SSSR count). The second-order valence-electron chi connectivity index (χ2n) is 6.38. The van der Waals surface area contributed by atoms with Gasteiger partial charge in [0.15, 0.2) is 0 Å². The highest BCUT2D eigenvalue weighted by molar-refractivity contribution is 5.48. The lowest BCUT2D eigenvalue weighted by atomic mass is 9.98. The summed E-state index contributed by atoms with van der Waals surface area (Å²) < 4.78 is 0. The number of rotatable bonds is 3. The van der Waals surface area contributed by atoms with Crippen LogP contribution in [0.3, 0.4) is 0 Å². The summed E-state index contributed by atoms with van der Waals surface area (Å²) in [7, 11) is 2.24. The first-order valence-electron chi connectivity index (χ1n) is 7.55. The zero-order valence-corrected chi connectivity index (χ0v) is 12.6. The lowest BCUT2D eigenvalue weighted by molar-refractivity contribution is 0.292. The molecule has 19 heavy (non-hydrogen) atoms. The Labute approximate surface area is 116 Å². The molecule has 3 heterocycles. The van der Waals surface area contributed by atoms with E-state index in [0.717, 1.165) is 19.0 Å². The van der Waals surface area contributed by atoms with Gasteiger partial charge in [-0.1, -0.05) is 20.8 Å². The molecule has 2 atom stereocenters. The van der Waals surface area contributed by atoms with Gasteiger partial charge in [-0.3, -0.25) is 4.90 Å². The molecule has 0 N–H and O–H groups in total. The summed E-state index contributed by atoms with van der Waals surface area (Å²) >= 11 is 0. The van der Waals surface area contributed by atoms with Gasteiger partial charge in [0.25, 0.3) is 0 Å². The molecule has 0 radical (unpaired) electrons. The topological polar surface area (TPSA) is 19.4 Å². The highest BCUT2D eigenvalue weighted by Gasteiger charge is 2.41. The van der Waals surface area contributed by atoms with Crippen molar-refractivity contribution in [1.82, 2.24) is 9.88 Å². The van der Waals surface area contributed by atoms with Crippen LogP contribution in [-0.4, -0.2) is 42.1 Å². The Morgan fingerprint density at radius 1 is 1.32 bits per heavy atom. The quantitative estimate of drug-likeness (QED) is 0.832. The Bertz CT molecular complexity index is 467. The van der Waals surface area contributed by atoms with E-state index in [0.29, 0.717) is 12.0 Å². The smallest absolute Gasteiger partial charge is 0.129 e. The summed E-state index contributed by atoms with van der Waals surface area (Å²) in [6.45, 7) is 9.10. The number of anilines is 1. The van der Waals surface area contributed by atoms with Gasteiger partial charge < -0.3 is 4.90 Å². The average Bonchev–Trinajstić information content (AvgIpc) is 2.96. The van der Waals surface area contributed by atoms with Crippen LogP contribution in [0.2, 0.25) is 0 Å². The average molecular weight is 259 g/mol. The molecule has 104 valence electrons. The highest BCUT2D eigenvalue weighted by atomic mass is 15.4. The third-order valence-electron chi connectivity index (χ3n) is 4.82. The maximum Gasteiger partial charge on any atom is 0.129 e. The summed E-state index contributed by atoms with van der Waals surface area (Å²) in [4.78, 5) is 9.75. The van der Waals surface area contributed by atoms with Crippen molar-refractivity contribution in [1.29, 1.82) is 0 Å². The van der Waals surface area contributed by atoms with Crippen molar-refractivity contribution in [2.45, 2.75) is 51.6 Å². The molecule has 3 heteroatoms. The molecule has 1 aromatic rings. The summed E-state index contributed by atoms with van der Waals surface area (Å²) in [5, 5.41) is 0. The number of aromatic nitrogens is 1. The van der Waals surface area contributed by atoms with Crippen molar-refractivity contribution in [2.24, 2.45) is 0 Å². The Balaban J connectivity index is 1.87. The van der Waals surface area contributed by atoms with E-state index in [2.05, 4.69) is 49.9 Å². The summed E-state index contributed by atoms with van der Waals surface area (Å²) in [6.07, 6.45) is 4.52. The van der Waals surface area contributed by atoms with Gasteiger partial charge in [0.2, 0.25) is 0 Å². The van der Waals surface area contributed by atoms with Crippen LogP contribution in [0.1, 0.15) is 44.2 Å². The number of pyridine rings is 1. The number of fused-ring (bicyclic) bond motifs is 2. The van der Waals surface area contributed by atoms with Crippen molar-refractivity contribution in [3.63, 3.8) is 0 Å². The standard InChI is InChI=1S/C16H25N3/c1-5-12-6-16(17-8-15(12)11(2)3)19-10-13-7-14(19)9-18(13)4/h6,8,11,13-14H,5,7,9-10H2,1-4H3. The van der Waals surface area contributed by atoms with E-state index in [1.165, 1.54) is 29.9 Å². The zero-order chi connectivity index (χ0) is 13.6. The molecule has 3 nitrogen and oxygen atoms in total. The fourth-order valence-electron chi connectivity index (χ4n) is 3.62. The first-order valence-corrected chi connectivity index (χ1v) is 7.55. The van der Waals surface area contributed by atoms with Gasteiger partial charge in [-0.25, -0.2) is 4.98 Å². The van der Waals surface area contributed by atoms with E-state index in [-0.39, 0.29) is 0 Å². The first kappa shape index (κ1) is 12.9. The molecule has 0 spiro atoms. The predicted octanol–water partition coefficient (Wildman–Crippen LogP) is 2.66. The normalized spacial score (nSPS) is 26.7. The zero-order valence-electron chi connectivity index (χ0n) is 12.6. The van der Waals surface area contributed by atoms with Crippen LogP contribution in [0.5, 0.6) is 0 Å². The molecule has 2 saturated heterocycles. The fraction of sp³-hybridized carbons (Fsp3) is 0.688. The number of likely N-dealkylation sites (N-methyl/N-ethyl adjacent to an activating group) is 1. The number of likely N-dealkylation sites (tertiary alicyclic amines) is 1. The molecule has 2 bridgehead atoms. The van der Waals surface area contributed by atoms with Crippen LogP contribution < -0.4 is 4.90 Å². The van der Waals surface area contributed by atoms with Crippen molar-refractivity contribution in [3.8, 4) is 0 Å². The van der Waals surface area contributed by atoms with E-state index >= 15 is 0 Å². The van der Waals surface area contributed by atoms with Crippen LogP contribution in [0.15, 0.2) is 12.3 Å². The largest absolute Gasteiger partial charge is 0.351 e. The Morgan fingerprint density at radius 3 is 2.63 bits per heavy atom. The molecule has 0 aromatic carbocycles. The van der Waals surface area contributed by atoms with Gasteiger partial charge in [-0.2, -0.15) is 0 Å². The maximum absolute atomic E-state index is 4.74. The van der Waals surface area contributed by atoms with Crippen molar-refractivity contribution < 1.29 is 0 Å². The van der Waals surface area contributed by atoms with E-state index in [1.54, 1.807) is 0 Å². The molecule has 0 aliphatic carbocycles. The van der Waals surface area contributed by atoms with Gasteiger partial charge in [0.1, 0.15) is 5.82 Å². The number of aryl methyl sites for hydroxylation is 1. The van der Waals surface area contributed by atoms with Crippen LogP contribution in [0.25, 0.3) is 0 Å². The molecule has 1 aromatic heterocycles. The minimum Gasteiger partial charge on any atom is -0.351 e. The third-order valence-corrected chi connectivity index (χ3v) is 4.82. The Kier molecular flexibility index (Phi) is 3.25. The first-order chi connectivity index (χ1) is 9.10. The van der Waals surface area contributed by atoms with Gasteiger partial charge >= 0.3 is 0 Å². The second kappa shape index (κ2) is 4.78. The number of nitrogens with zero attached hydrogens (tertiary/aromatic N) is 3. The number of hydrogen-bond acceptors (Lipinski definition) is 3. The van der Waals surface area contributed by atoms with Gasteiger partial charge in [-0.15, -0.1) is 0 Å². The van der Waals surface area contributed by atoms with E-state index in [9.17, 15) is 0 Å². The van der Waals surface area contributed by atoms with Crippen molar-refractivity contribution in [2.75, 3.05) is 25.0 Å². The molecule has 0 amide bonds. The van der Waals surface area contributed by atoms with Crippen LogP contribution in [0, 0.1) is 0 Å².